The molecule has 0 heterocycles. The first-order valence-electron chi connectivity index (χ1n) is 8.82. The lowest BCUT2D eigenvalue weighted by Gasteiger charge is -2.21. The summed E-state index contributed by atoms with van der Waals surface area (Å²) in [6, 6.07) is 2.32. The van der Waals surface area contributed by atoms with Gasteiger partial charge in [-0.05, 0) is 62.2 Å². The summed E-state index contributed by atoms with van der Waals surface area (Å²) in [5, 5.41) is 4.73. The molecule has 1 rings (SSSR count). The zero-order valence-electron chi connectivity index (χ0n) is 17.0. The van der Waals surface area contributed by atoms with Gasteiger partial charge >= 0.3 is 12.0 Å². The van der Waals surface area contributed by atoms with Crippen LogP contribution in [0.4, 0.5) is 4.79 Å². The van der Waals surface area contributed by atoms with Crippen molar-refractivity contribution >= 4 is 33.8 Å². The molecule has 9 heteroatoms. The fourth-order valence-electron chi connectivity index (χ4n) is 2.05. The number of urea groups is 1. The van der Waals surface area contributed by atoms with Gasteiger partial charge in [-0.15, -0.1) is 0 Å². The van der Waals surface area contributed by atoms with Crippen molar-refractivity contribution in [1.29, 1.82) is 0 Å². The summed E-state index contributed by atoms with van der Waals surface area (Å²) in [5.74, 6) is -0.633. The second kappa shape index (κ2) is 10.3. The van der Waals surface area contributed by atoms with Gasteiger partial charge in [0.1, 0.15) is 0 Å². The van der Waals surface area contributed by atoms with E-state index in [4.69, 9.17) is 14.2 Å². The molecule has 8 nitrogen and oxygen atoms in total. The molecule has 0 radical (unpaired) electrons. The van der Waals surface area contributed by atoms with E-state index < -0.39 is 29.6 Å². The maximum Gasteiger partial charge on any atom is 0.339 e. The Labute approximate surface area is 173 Å². The second-order valence-electron chi connectivity index (χ2n) is 7.08. The molecule has 1 aromatic rings. The van der Waals surface area contributed by atoms with Gasteiger partial charge < -0.3 is 19.5 Å². The van der Waals surface area contributed by atoms with Gasteiger partial charge in [0.25, 0.3) is 5.91 Å². The van der Waals surface area contributed by atoms with Gasteiger partial charge in [-0.25, -0.2) is 9.59 Å². The van der Waals surface area contributed by atoms with Crippen molar-refractivity contribution in [3.05, 3.63) is 22.2 Å². The Balaban J connectivity index is 2.82. The summed E-state index contributed by atoms with van der Waals surface area (Å²) in [6.45, 7) is 9.18. The van der Waals surface area contributed by atoms with E-state index >= 15 is 0 Å². The number of ether oxygens (including phenoxy) is 3. The number of carbonyl (C=O) groups excluding carboxylic acids is 3. The second-order valence-corrected chi connectivity index (χ2v) is 7.93. The highest BCUT2D eigenvalue weighted by Crippen LogP contribution is 2.37. The summed E-state index contributed by atoms with van der Waals surface area (Å²) in [6.07, 6.45) is -0.353. The minimum absolute atomic E-state index is 0.173. The Morgan fingerprint density at radius 2 is 1.86 bits per heavy atom. The SMILES string of the molecule is CCCOc1c(Br)cc(C(=O)OC(C)C(=O)NC(=O)NC(C)(C)C)cc1OC. The minimum atomic E-state index is -1.17. The van der Waals surface area contributed by atoms with Crippen LogP contribution in [0.3, 0.4) is 0 Å². The molecular formula is C19H27BrN2O6. The Morgan fingerprint density at radius 3 is 2.39 bits per heavy atom. The molecular weight excluding hydrogens is 432 g/mol. The van der Waals surface area contributed by atoms with Crippen molar-refractivity contribution in [3.63, 3.8) is 0 Å². The van der Waals surface area contributed by atoms with Gasteiger partial charge in [0, 0.05) is 5.54 Å². The standard InChI is InChI=1S/C19H27BrN2O6/c1-7-8-27-15-13(20)9-12(10-14(15)26-6)17(24)28-11(2)16(23)21-18(25)22-19(3,4)5/h9-11H,7-8H2,1-6H3,(H2,21,22,23,25). The van der Waals surface area contributed by atoms with Crippen LogP contribution < -0.4 is 20.1 Å². The van der Waals surface area contributed by atoms with Gasteiger partial charge in [0.15, 0.2) is 17.6 Å². The molecule has 1 unspecified atom stereocenters. The van der Waals surface area contributed by atoms with E-state index in [0.717, 1.165) is 6.42 Å². The van der Waals surface area contributed by atoms with Crippen molar-refractivity contribution < 1.29 is 28.6 Å². The highest BCUT2D eigenvalue weighted by molar-refractivity contribution is 9.10. The maximum atomic E-state index is 12.4. The van der Waals surface area contributed by atoms with E-state index in [0.29, 0.717) is 22.6 Å². The molecule has 0 fully saturated rings. The third kappa shape index (κ3) is 7.38. The van der Waals surface area contributed by atoms with Crippen LogP contribution in [0.25, 0.3) is 0 Å². The lowest BCUT2D eigenvalue weighted by molar-refractivity contribution is -0.127. The van der Waals surface area contributed by atoms with Gasteiger partial charge in [-0.2, -0.15) is 0 Å². The molecule has 156 valence electrons. The summed E-state index contributed by atoms with van der Waals surface area (Å²) in [5.41, 5.74) is -0.333. The van der Waals surface area contributed by atoms with E-state index in [-0.39, 0.29) is 5.56 Å². The lowest BCUT2D eigenvalue weighted by atomic mass is 10.1. The first kappa shape index (κ1) is 23.7. The summed E-state index contributed by atoms with van der Waals surface area (Å²) in [7, 11) is 1.46. The average Bonchev–Trinajstić information content (AvgIpc) is 2.58. The fourth-order valence-corrected chi connectivity index (χ4v) is 2.61. The molecule has 0 aromatic heterocycles. The predicted molar refractivity (Wildman–Crippen MR) is 108 cm³/mol. The molecule has 0 bridgehead atoms. The highest BCUT2D eigenvalue weighted by atomic mass is 79.9. The quantitative estimate of drug-likeness (QED) is 0.606. The van der Waals surface area contributed by atoms with Gasteiger partial charge in [-0.3, -0.25) is 10.1 Å². The van der Waals surface area contributed by atoms with Crippen molar-refractivity contribution in [2.24, 2.45) is 0 Å². The van der Waals surface area contributed by atoms with E-state index in [1.807, 2.05) is 6.92 Å². The molecule has 1 atom stereocenters. The maximum absolute atomic E-state index is 12.4. The van der Waals surface area contributed by atoms with Crippen molar-refractivity contribution in [2.45, 2.75) is 52.7 Å². The van der Waals surface area contributed by atoms with Crippen LogP contribution in [-0.4, -0.2) is 43.3 Å². The molecule has 0 spiro atoms. The number of halogens is 1. The summed E-state index contributed by atoms with van der Waals surface area (Å²) < 4.78 is 16.6. The topological polar surface area (TPSA) is 103 Å². The minimum Gasteiger partial charge on any atom is -0.493 e. The molecule has 0 aliphatic heterocycles. The Bertz CT molecular complexity index is 730. The normalized spacial score (nSPS) is 12.0. The predicted octanol–water partition coefficient (Wildman–Crippen LogP) is 3.42. The van der Waals surface area contributed by atoms with Crippen LogP contribution in [0.1, 0.15) is 51.4 Å². The van der Waals surface area contributed by atoms with E-state index in [2.05, 4.69) is 26.6 Å². The molecule has 28 heavy (non-hydrogen) atoms. The van der Waals surface area contributed by atoms with Crippen LogP contribution in [0.2, 0.25) is 0 Å². The first-order valence-corrected chi connectivity index (χ1v) is 9.62. The molecule has 0 saturated carbocycles. The van der Waals surface area contributed by atoms with Crippen LogP contribution in [0, 0.1) is 0 Å². The van der Waals surface area contributed by atoms with Crippen LogP contribution in [-0.2, 0) is 9.53 Å². The number of nitrogens with one attached hydrogen (secondary N) is 2. The largest absolute Gasteiger partial charge is 0.493 e. The van der Waals surface area contributed by atoms with Crippen molar-refractivity contribution in [1.82, 2.24) is 10.6 Å². The van der Waals surface area contributed by atoms with Gasteiger partial charge in [0.2, 0.25) is 0 Å². The third-order valence-electron chi connectivity index (χ3n) is 3.29. The van der Waals surface area contributed by atoms with E-state index in [1.165, 1.54) is 26.2 Å². The number of benzene rings is 1. The number of rotatable bonds is 7. The number of carbonyl (C=O) groups is 3. The average molecular weight is 459 g/mol. The number of hydrogen-bond donors (Lipinski definition) is 2. The summed E-state index contributed by atoms with van der Waals surface area (Å²) in [4.78, 5) is 36.2. The molecule has 0 aliphatic rings. The first-order chi connectivity index (χ1) is 13.0. The molecule has 2 N–H and O–H groups in total. The Morgan fingerprint density at radius 1 is 1.21 bits per heavy atom. The Kier molecular flexibility index (Phi) is 8.74. The van der Waals surface area contributed by atoms with Crippen LogP contribution in [0.5, 0.6) is 11.5 Å². The molecule has 0 saturated heterocycles. The third-order valence-corrected chi connectivity index (χ3v) is 3.88. The number of methoxy groups -OCH3 is 1. The number of hydrogen-bond acceptors (Lipinski definition) is 6. The van der Waals surface area contributed by atoms with E-state index in [1.54, 1.807) is 20.8 Å². The van der Waals surface area contributed by atoms with Crippen LogP contribution >= 0.6 is 15.9 Å². The lowest BCUT2D eigenvalue weighted by Crippen LogP contribution is -2.50. The number of imide groups is 1. The zero-order chi connectivity index (χ0) is 21.5. The van der Waals surface area contributed by atoms with E-state index in [9.17, 15) is 14.4 Å². The molecule has 0 aliphatic carbocycles. The number of esters is 1. The Hall–Kier alpha value is -2.29. The van der Waals surface area contributed by atoms with Crippen molar-refractivity contribution in [2.75, 3.05) is 13.7 Å². The zero-order valence-corrected chi connectivity index (χ0v) is 18.6. The molecule has 1 aromatic carbocycles. The molecule has 3 amide bonds. The fraction of sp³-hybridized carbons (Fsp3) is 0.526. The van der Waals surface area contributed by atoms with Crippen molar-refractivity contribution in [3.8, 4) is 11.5 Å². The van der Waals surface area contributed by atoms with Crippen LogP contribution in [0.15, 0.2) is 16.6 Å². The summed E-state index contributed by atoms with van der Waals surface area (Å²) >= 11 is 3.35. The highest BCUT2D eigenvalue weighted by Gasteiger charge is 2.24. The van der Waals surface area contributed by atoms with Gasteiger partial charge in [-0.1, -0.05) is 6.92 Å². The smallest absolute Gasteiger partial charge is 0.339 e. The monoisotopic (exact) mass is 458 g/mol. The number of amides is 3. The van der Waals surface area contributed by atoms with Gasteiger partial charge in [0.05, 0.1) is 23.8 Å².